The molecule has 0 unspecified atom stereocenters. The Labute approximate surface area is 172 Å². The maximum absolute atomic E-state index is 12.5. The van der Waals surface area contributed by atoms with Crippen LogP contribution >= 0.6 is 11.3 Å². The third kappa shape index (κ3) is 4.52. The van der Waals surface area contributed by atoms with Gasteiger partial charge < -0.3 is 14.8 Å². The van der Waals surface area contributed by atoms with Crippen LogP contribution in [0.25, 0.3) is 0 Å². The summed E-state index contributed by atoms with van der Waals surface area (Å²) in [6.07, 6.45) is 0.761. The Hall–Kier alpha value is -3.04. The predicted octanol–water partition coefficient (Wildman–Crippen LogP) is 3.85. The molecule has 7 nitrogen and oxygen atoms in total. The Bertz CT molecular complexity index is 1130. The second kappa shape index (κ2) is 8.14. The number of sulfonamides is 1. The second-order valence-electron chi connectivity index (χ2n) is 6.32. The van der Waals surface area contributed by atoms with Crippen LogP contribution in [0.2, 0.25) is 0 Å². The van der Waals surface area contributed by atoms with E-state index in [4.69, 9.17) is 9.47 Å². The molecular formula is C20H18N2O5S2. The first-order valence-electron chi connectivity index (χ1n) is 8.85. The van der Waals surface area contributed by atoms with E-state index in [9.17, 15) is 13.2 Å². The highest BCUT2D eigenvalue weighted by Crippen LogP contribution is 2.33. The van der Waals surface area contributed by atoms with Gasteiger partial charge in [-0.05, 0) is 47.7 Å². The van der Waals surface area contributed by atoms with Gasteiger partial charge in [0.05, 0.1) is 11.4 Å². The van der Waals surface area contributed by atoms with E-state index in [1.165, 1.54) is 6.07 Å². The van der Waals surface area contributed by atoms with Gasteiger partial charge in [0, 0.05) is 6.42 Å². The van der Waals surface area contributed by atoms with Gasteiger partial charge in [0.15, 0.2) is 11.5 Å². The van der Waals surface area contributed by atoms with Crippen LogP contribution in [0.15, 0.2) is 64.2 Å². The average molecular weight is 431 g/mol. The molecule has 0 saturated heterocycles. The van der Waals surface area contributed by atoms with E-state index in [0.29, 0.717) is 29.3 Å². The maximum atomic E-state index is 12.5. The van der Waals surface area contributed by atoms with Crippen molar-refractivity contribution in [3.8, 4) is 11.5 Å². The van der Waals surface area contributed by atoms with Crippen molar-refractivity contribution in [2.45, 2.75) is 17.1 Å². The molecule has 1 aliphatic heterocycles. The van der Waals surface area contributed by atoms with E-state index in [1.54, 1.807) is 35.7 Å². The lowest BCUT2D eigenvalue weighted by molar-refractivity contribution is -0.116. The first-order chi connectivity index (χ1) is 14.0. The summed E-state index contributed by atoms with van der Waals surface area (Å²) in [4.78, 5) is 12.4. The number of fused-ring (bicyclic) bond motifs is 1. The number of thiophene rings is 1. The molecule has 29 heavy (non-hydrogen) atoms. The highest BCUT2D eigenvalue weighted by atomic mass is 32.2. The summed E-state index contributed by atoms with van der Waals surface area (Å²) in [6.45, 7) is 0.206. The zero-order valence-corrected chi connectivity index (χ0v) is 16.9. The molecule has 0 atom stereocenters. The Morgan fingerprint density at radius 3 is 2.59 bits per heavy atom. The van der Waals surface area contributed by atoms with Crippen LogP contribution in [0.4, 0.5) is 11.4 Å². The molecule has 2 N–H and O–H groups in total. The number of carbonyl (C=O) groups excluding carboxylic acids is 1. The molecule has 0 saturated carbocycles. The first-order valence-corrected chi connectivity index (χ1v) is 11.2. The molecule has 0 bridgehead atoms. The summed E-state index contributed by atoms with van der Waals surface area (Å²) in [7, 11) is -3.70. The van der Waals surface area contributed by atoms with Gasteiger partial charge in [-0.15, -0.1) is 11.3 Å². The van der Waals surface area contributed by atoms with Gasteiger partial charge >= 0.3 is 0 Å². The molecule has 0 fully saturated rings. The summed E-state index contributed by atoms with van der Waals surface area (Å²) >= 11 is 1.13. The van der Waals surface area contributed by atoms with Crippen LogP contribution < -0.4 is 19.5 Å². The molecule has 1 aromatic heterocycles. The van der Waals surface area contributed by atoms with Crippen molar-refractivity contribution in [2.75, 3.05) is 16.8 Å². The highest BCUT2D eigenvalue weighted by Gasteiger charge is 2.18. The van der Waals surface area contributed by atoms with Gasteiger partial charge in [-0.25, -0.2) is 8.42 Å². The third-order valence-corrected chi connectivity index (χ3v) is 7.05. The second-order valence-corrected chi connectivity index (χ2v) is 9.18. The SMILES string of the molecule is O=C(CCc1ccc2c(c1)OCO2)Nc1ccccc1NS(=O)(=O)c1cccs1. The Morgan fingerprint density at radius 1 is 1.00 bits per heavy atom. The molecule has 4 rings (SSSR count). The quantitative estimate of drug-likeness (QED) is 0.594. The monoisotopic (exact) mass is 430 g/mol. The zero-order chi connectivity index (χ0) is 20.3. The number of ether oxygens (including phenoxy) is 2. The number of hydrogen-bond donors (Lipinski definition) is 2. The smallest absolute Gasteiger partial charge is 0.271 e. The fourth-order valence-corrected chi connectivity index (χ4v) is 4.93. The molecule has 0 radical (unpaired) electrons. The predicted molar refractivity (Wildman–Crippen MR) is 111 cm³/mol. The van der Waals surface area contributed by atoms with Crippen molar-refractivity contribution < 1.29 is 22.7 Å². The Balaban J connectivity index is 1.41. The van der Waals surface area contributed by atoms with E-state index >= 15 is 0 Å². The van der Waals surface area contributed by atoms with Gasteiger partial charge in [0.1, 0.15) is 4.21 Å². The van der Waals surface area contributed by atoms with E-state index in [2.05, 4.69) is 10.0 Å². The summed E-state index contributed by atoms with van der Waals surface area (Å²) in [5.74, 6) is 1.16. The van der Waals surface area contributed by atoms with E-state index < -0.39 is 10.0 Å². The van der Waals surface area contributed by atoms with Gasteiger partial charge in [-0.2, -0.15) is 0 Å². The van der Waals surface area contributed by atoms with Gasteiger partial charge in [0.25, 0.3) is 10.0 Å². The van der Waals surface area contributed by atoms with Crippen molar-refractivity contribution in [3.63, 3.8) is 0 Å². The minimum absolute atomic E-state index is 0.206. The van der Waals surface area contributed by atoms with Crippen LogP contribution in [-0.4, -0.2) is 21.1 Å². The fourth-order valence-electron chi connectivity index (χ4n) is 2.86. The van der Waals surface area contributed by atoms with Crippen molar-refractivity contribution in [3.05, 3.63) is 65.5 Å². The molecule has 1 amide bonds. The van der Waals surface area contributed by atoms with Crippen LogP contribution in [0, 0.1) is 0 Å². The third-order valence-electron chi connectivity index (χ3n) is 4.28. The first kappa shape index (κ1) is 19.3. The lowest BCUT2D eigenvalue weighted by atomic mass is 10.1. The zero-order valence-electron chi connectivity index (χ0n) is 15.3. The molecule has 3 aromatic rings. The Morgan fingerprint density at radius 2 is 1.79 bits per heavy atom. The topological polar surface area (TPSA) is 93.7 Å². The number of hydrogen-bond acceptors (Lipinski definition) is 6. The fraction of sp³-hybridized carbons (Fsp3) is 0.150. The van der Waals surface area contributed by atoms with Gasteiger partial charge in [0.2, 0.25) is 12.7 Å². The molecule has 2 heterocycles. The van der Waals surface area contributed by atoms with Crippen molar-refractivity contribution in [1.82, 2.24) is 0 Å². The largest absolute Gasteiger partial charge is 0.454 e. The van der Waals surface area contributed by atoms with Crippen LogP contribution in [0.3, 0.4) is 0 Å². The van der Waals surface area contributed by atoms with Gasteiger partial charge in [-0.3, -0.25) is 9.52 Å². The van der Waals surface area contributed by atoms with E-state index in [1.807, 2.05) is 18.2 Å². The highest BCUT2D eigenvalue weighted by molar-refractivity contribution is 7.94. The number of carbonyl (C=O) groups is 1. The summed E-state index contributed by atoms with van der Waals surface area (Å²) in [5, 5.41) is 4.48. The van der Waals surface area contributed by atoms with E-state index in [0.717, 1.165) is 16.9 Å². The van der Waals surface area contributed by atoms with E-state index in [-0.39, 0.29) is 23.3 Å². The number of rotatable bonds is 7. The lowest BCUT2D eigenvalue weighted by Gasteiger charge is -2.13. The normalized spacial score (nSPS) is 12.6. The lowest BCUT2D eigenvalue weighted by Crippen LogP contribution is -2.16. The molecular weight excluding hydrogens is 412 g/mol. The molecule has 9 heteroatoms. The molecule has 2 aromatic carbocycles. The van der Waals surface area contributed by atoms with Crippen molar-refractivity contribution >= 4 is 38.6 Å². The average Bonchev–Trinajstić information content (AvgIpc) is 3.39. The number of benzene rings is 2. The molecule has 0 aliphatic carbocycles. The molecule has 1 aliphatic rings. The summed E-state index contributed by atoms with van der Waals surface area (Å²) < 4.78 is 38.3. The van der Waals surface area contributed by atoms with Crippen molar-refractivity contribution in [2.24, 2.45) is 0 Å². The number of para-hydroxylation sites is 2. The molecule has 150 valence electrons. The van der Waals surface area contributed by atoms with Crippen LogP contribution in [0.1, 0.15) is 12.0 Å². The number of amides is 1. The molecule has 0 spiro atoms. The minimum atomic E-state index is -3.70. The van der Waals surface area contributed by atoms with Crippen molar-refractivity contribution in [1.29, 1.82) is 0 Å². The maximum Gasteiger partial charge on any atom is 0.271 e. The number of nitrogens with one attached hydrogen (secondary N) is 2. The van der Waals surface area contributed by atoms with Gasteiger partial charge in [-0.1, -0.05) is 24.3 Å². The standard InChI is InChI=1S/C20H18N2O5S2/c23-19(10-8-14-7-9-17-18(12-14)27-13-26-17)21-15-4-1-2-5-16(15)22-29(24,25)20-6-3-11-28-20/h1-7,9,11-12,22H,8,10,13H2,(H,21,23). The van der Waals surface area contributed by atoms with Crippen LogP contribution in [-0.2, 0) is 21.2 Å². The minimum Gasteiger partial charge on any atom is -0.454 e. The van der Waals surface area contributed by atoms with Crippen LogP contribution in [0.5, 0.6) is 11.5 Å². The summed E-state index contributed by atoms with van der Waals surface area (Å²) in [6, 6.07) is 15.5. The number of anilines is 2. The Kier molecular flexibility index (Phi) is 5.41. The summed E-state index contributed by atoms with van der Waals surface area (Å²) in [5.41, 5.74) is 1.68. The number of aryl methyl sites for hydroxylation is 1.